The molecule has 1 heterocycles. The van der Waals surface area contributed by atoms with E-state index in [4.69, 9.17) is 0 Å². The average molecular weight is 527 g/mol. The van der Waals surface area contributed by atoms with Gasteiger partial charge in [-0.15, -0.1) is 24.0 Å². The standard InChI is InChI=1S/C17H21BrF2N4.HI/c1-21-17(24(3)11-16-8-13(18)10-23(16)2)22-5-4-12-6-14(19)9-15(20)7-12;/h6-10H,4-5,11H2,1-3H3,(H,21,22);1H. The third kappa shape index (κ3) is 6.58. The second kappa shape index (κ2) is 10.1. The highest BCUT2D eigenvalue weighted by atomic mass is 127. The number of benzene rings is 1. The molecule has 0 atom stereocenters. The van der Waals surface area contributed by atoms with Crippen LogP contribution >= 0.6 is 39.9 Å². The number of rotatable bonds is 5. The number of guanidine groups is 1. The summed E-state index contributed by atoms with van der Waals surface area (Å²) in [5.74, 6) is -0.384. The lowest BCUT2D eigenvalue weighted by Crippen LogP contribution is -2.39. The third-order valence-electron chi connectivity index (χ3n) is 3.67. The average Bonchev–Trinajstić information content (AvgIpc) is 2.80. The first kappa shape index (κ1) is 21.9. The fraction of sp³-hybridized carbons (Fsp3) is 0.353. The maximum atomic E-state index is 13.2. The van der Waals surface area contributed by atoms with Gasteiger partial charge in [0.25, 0.3) is 0 Å². The minimum Gasteiger partial charge on any atom is -0.356 e. The van der Waals surface area contributed by atoms with Gasteiger partial charge in [0.05, 0.1) is 6.54 Å². The Morgan fingerprint density at radius 2 is 1.88 bits per heavy atom. The molecule has 0 unspecified atom stereocenters. The Balaban J connectivity index is 0.00000312. The summed E-state index contributed by atoms with van der Waals surface area (Å²) in [4.78, 5) is 6.24. The van der Waals surface area contributed by atoms with E-state index in [2.05, 4.69) is 32.3 Å². The lowest BCUT2D eigenvalue weighted by Gasteiger charge is -2.22. The molecule has 1 N–H and O–H groups in total. The second-order valence-electron chi connectivity index (χ2n) is 5.62. The van der Waals surface area contributed by atoms with E-state index in [-0.39, 0.29) is 24.0 Å². The van der Waals surface area contributed by atoms with Gasteiger partial charge in [-0.25, -0.2) is 8.78 Å². The van der Waals surface area contributed by atoms with Crippen LogP contribution in [0.1, 0.15) is 11.3 Å². The topological polar surface area (TPSA) is 32.6 Å². The summed E-state index contributed by atoms with van der Waals surface area (Å²) in [6, 6.07) is 5.62. The summed E-state index contributed by atoms with van der Waals surface area (Å²) >= 11 is 3.46. The smallest absolute Gasteiger partial charge is 0.193 e. The second-order valence-corrected chi connectivity index (χ2v) is 6.53. The summed E-state index contributed by atoms with van der Waals surface area (Å²) in [6.07, 6.45) is 2.51. The molecular weight excluding hydrogens is 505 g/mol. The first-order chi connectivity index (χ1) is 11.4. The van der Waals surface area contributed by atoms with Crippen molar-refractivity contribution in [2.45, 2.75) is 13.0 Å². The molecule has 0 aliphatic carbocycles. The molecule has 0 aliphatic rings. The maximum absolute atomic E-state index is 13.2. The summed E-state index contributed by atoms with van der Waals surface area (Å²) in [6.45, 7) is 1.23. The molecule has 0 fully saturated rings. The molecule has 25 heavy (non-hydrogen) atoms. The number of halogens is 4. The number of hydrogen-bond donors (Lipinski definition) is 1. The van der Waals surface area contributed by atoms with E-state index < -0.39 is 11.6 Å². The molecule has 0 bridgehead atoms. The summed E-state index contributed by atoms with van der Waals surface area (Å²) in [5, 5.41) is 3.21. The van der Waals surface area contributed by atoms with Crippen LogP contribution in [-0.2, 0) is 20.0 Å². The van der Waals surface area contributed by atoms with Crippen molar-refractivity contribution >= 4 is 45.9 Å². The predicted molar refractivity (Wildman–Crippen MR) is 111 cm³/mol. The van der Waals surface area contributed by atoms with Crippen LogP contribution in [-0.4, -0.2) is 36.1 Å². The minimum atomic E-state index is -0.555. The molecule has 138 valence electrons. The number of aryl methyl sites for hydroxylation is 1. The molecule has 0 aliphatic heterocycles. The first-order valence-corrected chi connectivity index (χ1v) is 8.36. The third-order valence-corrected chi connectivity index (χ3v) is 4.10. The Hall–Kier alpha value is -1.16. The zero-order valence-corrected chi connectivity index (χ0v) is 18.3. The van der Waals surface area contributed by atoms with Crippen LogP contribution in [0.3, 0.4) is 0 Å². The lowest BCUT2D eigenvalue weighted by atomic mass is 10.1. The molecule has 0 radical (unpaired) electrons. The van der Waals surface area contributed by atoms with Gasteiger partial charge in [-0.2, -0.15) is 0 Å². The van der Waals surface area contributed by atoms with Gasteiger partial charge in [-0.1, -0.05) is 0 Å². The normalized spacial score (nSPS) is 11.2. The Morgan fingerprint density at radius 3 is 2.40 bits per heavy atom. The van der Waals surface area contributed by atoms with Crippen LogP contribution in [0.25, 0.3) is 0 Å². The molecule has 1 aromatic carbocycles. The van der Waals surface area contributed by atoms with E-state index in [0.29, 0.717) is 25.1 Å². The lowest BCUT2D eigenvalue weighted by molar-refractivity contribution is 0.462. The molecule has 1 aromatic heterocycles. The Labute approximate surface area is 172 Å². The van der Waals surface area contributed by atoms with Crippen molar-refractivity contribution in [3.8, 4) is 0 Å². The van der Waals surface area contributed by atoms with Gasteiger partial charge in [-0.3, -0.25) is 4.99 Å². The molecule has 0 amide bonds. The highest BCUT2D eigenvalue weighted by Crippen LogP contribution is 2.15. The largest absolute Gasteiger partial charge is 0.356 e. The van der Waals surface area contributed by atoms with Crippen molar-refractivity contribution in [3.05, 3.63) is 57.8 Å². The zero-order chi connectivity index (χ0) is 17.7. The molecule has 0 spiro atoms. The van der Waals surface area contributed by atoms with E-state index in [9.17, 15) is 8.78 Å². The molecule has 2 aromatic rings. The molecular formula is C17H22BrF2IN4. The van der Waals surface area contributed by atoms with Gasteiger partial charge in [0.1, 0.15) is 11.6 Å². The molecule has 2 rings (SSSR count). The van der Waals surface area contributed by atoms with Crippen molar-refractivity contribution in [2.24, 2.45) is 12.0 Å². The highest BCUT2D eigenvalue weighted by Gasteiger charge is 2.09. The molecule has 8 heteroatoms. The number of aromatic nitrogens is 1. The van der Waals surface area contributed by atoms with Crippen molar-refractivity contribution in [1.29, 1.82) is 0 Å². The van der Waals surface area contributed by atoms with Gasteiger partial charge < -0.3 is 14.8 Å². The Morgan fingerprint density at radius 1 is 1.24 bits per heavy atom. The van der Waals surface area contributed by atoms with Crippen LogP contribution in [0.5, 0.6) is 0 Å². The number of aliphatic imine (C=N–C) groups is 1. The van der Waals surface area contributed by atoms with Gasteiger partial charge in [0, 0.05) is 50.1 Å². The number of nitrogens with one attached hydrogen (secondary N) is 1. The van der Waals surface area contributed by atoms with Gasteiger partial charge in [0.15, 0.2) is 5.96 Å². The highest BCUT2D eigenvalue weighted by molar-refractivity contribution is 14.0. The fourth-order valence-corrected chi connectivity index (χ4v) is 3.07. The van der Waals surface area contributed by atoms with Crippen molar-refractivity contribution in [1.82, 2.24) is 14.8 Å². The van der Waals surface area contributed by atoms with Gasteiger partial charge in [-0.05, 0) is 46.1 Å². The minimum absolute atomic E-state index is 0. The van der Waals surface area contributed by atoms with E-state index in [1.165, 1.54) is 12.1 Å². The van der Waals surface area contributed by atoms with Crippen LogP contribution < -0.4 is 5.32 Å². The van der Waals surface area contributed by atoms with Gasteiger partial charge in [0.2, 0.25) is 0 Å². The monoisotopic (exact) mass is 526 g/mol. The Bertz CT molecular complexity index is 713. The zero-order valence-electron chi connectivity index (χ0n) is 14.4. The maximum Gasteiger partial charge on any atom is 0.193 e. The van der Waals surface area contributed by atoms with Crippen molar-refractivity contribution < 1.29 is 8.78 Å². The SMILES string of the molecule is CN=C(NCCc1cc(F)cc(F)c1)N(C)Cc1cc(Br)cn1C.I. The first-order valence-electron chi connectivity index (χ1n) is 7.56. The summed E-state index contributed by atoms with van der Waals surface area (Å²) in [7, 11) is 5.64. The quantitative estimate of drug-likeness (QED) is 0.364. The number of nitrogens with zero attached hydrogens (tertiary/aromatic N) is 3. The van der Waals surface area contributed by atoms with Crippen LogP contribution in [0, 0.1) is 11.6 Å². The van der Waals surface area contributed by atoms with Crippen LogP contribution in [0.15, 0.2) is 39.9 Å². The van der Waals surface area contributed by atoms with E-state index >= 15 is 0 Å². The van der Waals surface area contributed by atoms with Crippen LogP contribution in [0.2, 0.25) is 0 Å². The van der Waals surface area contributed by atoms with Crippen LogP contribution in [0.4, 0.5) is 8.78 Å². The summed E-state index contributed by atoms with van der Waals surface area (Å²) in [5.41, 5.74) is 1.75. The fourth-order valence-electron chi connectivity index (χ4n) is 2.50. The predicted octanol–water partition coefficient (Wildman–Crippen LogP) is 3.93. The molecule has 4 nitrogen and oxygen atoms in total. The molecule has 0 saturated carbocycles. The van der Waals surface area contributed by atoms with Gasteiger partial charge >= 0.3 is 0 Å². The van der Waals surface area contributed by atoms with Crippen molar-refractivity contribution in [3.63, 3.8) is 0 Å². The molecule has 0 saturated heterocycles. The Kier molecular flexibility index (Phi) is 8.84. The van der Waals surface area contributed by atoms with E-state index in [1.54, 1.807) is 7.05 Å². The van der Waals surface area contributed by atoms with E-state index in [0.717, 1.165) is 22.2 Å². The summed E-state index contributed by atoms with van der Waals surface area (Å²) < 4.78 is 29.5. The van der Waals surface area contributed by atoms with Crippen molar-refractivity contribution in [2.75, 3.05) is 20.6 Å². The van der Waals surface area contributed by atoms with E-state index in [1.807, 2.05) is 29.8 Å². The number of hydrogen-bond acceptors (Lipinski definition) is 1.